The molecule has 0 unspecified atom stereocenters. The third kappa shape index (κ3) is 4.28. The first-order chi connectivity index (χ1) is 15.6. The first-order valence-corrected chi connectivity index (χ1v) is 13.1. The van der Waals surface area contributed by atoms with Crippen molar-refractivity contribution in [2.45, 2.75) is 45.1 Å². The van der Waals surface area contributed by atoms with Crippen LogP contribution in [0.5, 0.6) is 0 Å². The molecular formula is C26H34BrN3O2. The van der Waals surface area contributed by atoms with Gasteiger partial charge in [-0.05, 0) is 93.1 Å². The lowest BCUT2D eigenvalue weighted by Gasteiger charge is -2.26. The Morgan fingerprint density at radius 3 is 2.19 bits per heavy atom. The van der Waals surface area contributed by atoms with Gasteiger partial charge in [-0.2, -0.15) is 0 Å². The van der Waals surface area contributed by atoms with Gasteiger partial charge in [0.1, 0.15) is 0 Å². The Balaban J connectivity index is 1.17. The lowest BCUT2D eigenvalue weighted by molar-refractivity contribution is -0.135. The maximum absolute atomic E-state index is 13.3. The second kappa shape index (κ2) is 9.30. The summed E-state index contributed by atoms with van der Waals surface area (Å²) in [6.45, 7) is 4.80. The smallest absolute Gasteiger partial charge is 0.224 e. The molecule has 1 spiro atoms. The van der Waals surface area contributed by atoms with Crippen molar-refractivity contribution in [1.29, 1.82) is 0 Å². The lowest BCUT2D eigenvalue weighted by Crippen LogP contribution is -2.44. The van der Waals surface area contributed by atoms with Crippen LogP contribution in [0.3, 0.4) is 0 Å². The average Bonchev–Trinajstić information content (AvgIpc) is 3.16. The van der Waals surface area contributed by atoms with Gasteiger partial charge < -0.3 is 15.5 Å². The molecular weight excluding hydrogens is 466 g/mol. The number of rotatable bonds is 9. The topological polar surface area (TPSA) is 61.4 Å². The molecule has 2 amide bonds. The largest absolute Gasteiger partial charge is 0.356 e. The van der Waals surface area contributed by atoms with Crippen molar-refractivity contribution in [1.82, 2.24) is 15.5 Å². The van der Waals surface area contributed by atoms with Gasteiger partial charge in [-0.1, -0.05) is 40.2 Å². The highest BCUT2D eigenvalue weighted by atomic mass is 79.9. The predicted octanol–water partition coefficient (Wildman–Crippen LogP) is 3.89. The van der Waals surface area contributed by atoms with Crippen LogP contribution in [0.2, 0.25) is 0 Å². The summed E-state index contributed by atoms with van der Waals surface area (Å²) in [6, 6.07) is 8.00. The summed E-state index contributed by atoms with van der Waals surface area (Å²) in [4.78, 5) is 29.1. The average molecular weight is 500 g/mol. The Labute approximate surface area is 199 Å². The van der Waals surface area contributed by atoms with Gasteiger partial charge in [0.2, 0.25) is 11.8 Å². The molecule has 1 aliphatic heterocycles. The summed E-state index contributed by atoms with van der Waals surface area (Å²) < 4.78 is 1.03. The third-order valence-corrected chi connectivity index (χ3v) is 8.75. The maximum Gasteiger partial charge on any atom is 0.224 e. The molecule has 4 atom stereocenters. The Morgan fingerprint density at radius 2 is 1.56 bits per heavy atom. The summed E-state index contributed by atoms with van der Waals surface area (Å²) in [5.41, 5.74) is 1.25. The number of benzene rings is 1. The molecule has 0 radical (unpaired) electrons. The highest BCUT2D eigenvalue weighted by Gasteiger charge is 2.69. The molecule has 32 heavy (non-hydrogen) atoms. The molecule has 2 N–H and O–H groups in total. The number of hydrogen-bond donors (Lipinski definition) is 2. The summed E-state index contributed by atoms with van der Waals surface area (Å²) in [5, 5.41) is 6.32. The molecule has 0 aromatic heterocycles. The van der Waals surface area contributed by atoms with Gasteiger partial charge in [0, 0.05) is 17.6 Å². The Kier molecular flexibility index (Phi) is 6.44. The van der Waals surface area contributed by atoms with Gasteiger partial charge in [-0.3, -0.25) is 9.59 Å². The minimum absolute atomic E-state index is 0.0326. The molecule has 5 nitrogen and oxygen atoms in total. The van der Waals surface area contributed by atoms with E-state index in [2.05, 4.69) is 43.6 Å². The van der Waals surface area contributed by atoms with Crippen molar-refractivity contribution in [3.05, 3.63) is 46.5 Å². The number of hydrogen-bond acceptors (Lipinski definition) is 3. The number of amides is 2. The van der Waals surface area contributed by atoms with Gasteiger partial charge in [0.25, 0.3) is 0 Å². The zero-order valence-corrected chi connectivity index (χ0v) is 20.3. The summed E-state index contributed by atoms with van der Waals surface area (Å²) >= 11 is 3.45. The van der Waals surface area contributed by atoms with Crippen molar-refractivity contribution in [3.8, 4) is 0 Å². The van der Waals surface area contributed by atoms with E-state index in [4.69, 9.17) is 0 Å². The van der Waals surface area contributed by atoms with E-state index in [0.29, 0.717) is 13.1 Å². The van der Waals surface area contributed by atoms with Crippen LogP contribution in [0.4, 0.5) is 0 Å². The van der Waals surface area contributed by atoms with Crippen LogP contribution in [0, 0.1) is 29.1 Å². The third-order valence-electron chi connectivity index (χ3n) is 8.23. The highest BCUT2D eigenvalue weighted by Crippen LogP contribution is 2.72. The van der Waals surface area contributed by atoms with Gasteiger partial charge in [-0.25, -0.2) is 0 Å². The number of carbonyl (C=O) groups is 2. The van der Waals surface area contributed by atoms with Crippen LogP contribution >= 0.6 is 15.9 Å². The molecule has 172 valence electrons. The zero-order valence-electron chi connectivity index (χ0n) is 18.7. The van der Waals surface area contributed by atoms with Crippen molar-refractivity contribution >= 4 is 27.7 Å². The summed E-state index contributed by atoms with van der Waals surface area (Å²) in [7, 11) is 0. The highest BCUT2D eigenvalue weighted by molar-refractivity contribution is 9.10. The van der Waals surface area contributed by atoms with Crippen LogP contribution < -0.4 is 10.6 Å². The van der Waals surface area contributed by atoms with Crippen LogP contribution in [-0.2, 0) is 16.1 Å². The van der Waals surface area contributed by atoms with E-state index < -0.39 is 0 Å². The monoisotopic (exact) mass is 499 g/mol. The Bertz CT molecular complexity index is 874. The van der Waals surface area contributed by atoms with E-state index in [1.54, 1.807) is 0 Å². The standard InChI is InChI=1S/C26H34BrN3O2/c27-19-7-5-18(6-8-19)17-29-25(32)23-21-10-9-20(26(21)11-12-26)22(23)24(31)28-13-1-2-14-30-15-3-4-16-30/h5-10,20-23H,1-4,11-17H2,(H,28,31)(H,29,32)/t20-,21+,22-,23-/m1/s1. The molecule has 2 bridgehead atoms. The van der Waals surface area contributed by atoms with E-state index >= 15 is 0 Å². The van der Waals surface area contributed by atoms with Gasteiger partial charge in [-0.15, -0.1) is 0 Å². The summed E-state index contributed by atoms with van der Waals surface area (Å²) in [6.07, 6.45) is 11.5. The number of unbranched alkanes of at least 4 members (excludes halogenated alkanes) is 1. The van der Waals surface area contributed by atoms with Crippen LogP contribution in [-0.4, -0.2) is 42.9 Å². The molecule has 2 saturated carbocycles. The second-order valence-corrected chi connectivity index (χ2v) is 11.0. The van der Waals surface area contributed by atoms with Crippen molar-refractivity contribution < 1.29 is 9.59 Å². The van der Waals surface area contributed by atoms with Crippen LogP contribution in [0.1, 0.15) is 44.1 Å². The lowest BCUT2D eigenvalue weighted by atomic mass is 9.81. The molecule has 1 aromatic rings. The summed E-state index contributed by atoms with van der Waals surface area (Å²) in [5.74, 6) is 0.0794. The molecule has 6 heteroatoms. The molecule has 1 saturated heterocycles. The number of carbonyl (C=O) groups excluding carboxylic acids is 2. The fourth-order valence-electron chi connectivity index (χ4n) is 6.41. The zero-order chi connectivity index (χ0) is 22.1. The number of allylic oxidation sites excluding steroid dienone is 2. The van der Waals surface area contributed by atoms with Crippen molar-refractivity contribution in [2.24, 2.45) is 29.1 Å². The quantitative estimate of drug-likeness (QED) is 0.400. The number of halogens is 1. The maximum atomic E-state index is 13.3. The first-order valence-electron chi connectivity index (χ1n) is 12.3. The fourth-order valence-corrected chi connectivity index (χ4v) is 6.68. The van der Waals surface area contributed by atoms with E-state index in [1.807, 2.05) is 24.3 Å². The molecule has 4 aliphatic rings. The van der Waals surface area contributed by atoms with Crippen LogP contribution in [0.25, 0.3) is 0 Å². The first kappa shape index (κ1) is 22.1. The van der Waals surface area contributed by atoms with Gasteiger partial charge in [0.05, 0.1) is 11.8 Å². The van der Waals surface area contributed by atoms with Gasteiger partial charge >= 0.3 is 0 Å². The van der Waals surface area contributed by atoms with E-state index in [0.717, 1.165) is 42.3 Å². The number of likely N-dealkylation sites (tertiary alicyclic amines) is 1. The molecule has 3 aliphatic carbocycles. The minimum Gasteiger partial charge on any atom is -0.356 e. The van der Waals surface area contributed by atoms with Crippen molar-refractivity contribution in [2.75, 3.05) is 26.2 Å². The SMILES string of the molecule is O=C(NCCCCN1CCCC1)[C@H]1[C@H](C(=O)NCc2ccc(Br)cc2)[C@@H]2C=C[C@H]1C21CC1. The second-order valence-electron chi connectivity index (χ2n) is 10.1. The minimum atomic E-state index is -0.243. The molecule has 5 rings (SSSR count). The number of nitrogens with one attached hydrogen (secondary N) is 2. The predicted molar refractivity (Wildman–Crippen MR) is 129 cm³/mol. The molecule has 1 heterocycles. The Morgan fingerprint density at radius 1 is 0.938 bits per heavy atom. The molecule has 3 fully saturated rings. The van der Waals surface area contributed by atoms with Crippen molar-refractivity contribution in [3.63, 3.8) is 0 Å². The van der Waals surface area contributed by atoms with E-state index in [9.17, 15) is 9.59 Å². The Hall–Kier alpha value is -1.66. The van der Waals surface area contributed by atoms with Gasteiger partial charge in [0.15, 0.2) is 0 Å². The normalized spacial score (nSPS) is 29.5. The fraction of sp³-hybridized carbons (Fsp3) is 0.615. The van der Waals surface area contributed by atoms with E-state index in [1.165, 1.54) is 25.9 Å². The molecule has 1 aromatic carbocycles. The van der Waals surface area contributed by atoms with E-state index in [-0.39, 0.29) is 40.9 Å². The van der Waals surface area contributed by atoms with Crippen LogP contribution in [0.15, 0.2) is 40.9 Å². The number of nitrogens with zero attached hydrogens (tertiary/aromatic N) is 1.